The summed E-state index contributed by atoms with van der Waals surface area (Å²) in [6.07, 6.45) is -0.0608. The standard InChI is InChI=1S/C12H12N2O4/c15-10-7-14(11(16)6-13-10)9-3-1-8(2-4-9)5-12(17)18/h1-4H,5-7H2,(H,13,15)(H,17,18). The quantitative estimate of drug-likeness (QED) is 0.774. The largest absolute Gasteiger partial charge is 0.481 e. The fraction of sp³-hybridized carbons (Fsp3) is 0.250. The highest BCUT2D eigenvalue weighted by atomic mass is 16.4. The Morgan fingerprint density at radius 2 is 1.94 bits per heavy atom. The van der Waals surface area contributed by atoms with Gasteiger partial charge in [0.1, 0.15) is 6.54 Å². The zero-order valence-corrected chi connectivity index (χ0v) is 9.55. The Kier molecular flexibility index (Phi) is 3.27. The maximum atomic E-state index is 11.6. The van der Waals surface area contributed by atoms with Crippen molar-refractivity contribution in [1.82, 2.24) is 5.32 Å². The lowest BCUT2D eigenvalue weighted by Gasteiger charge is -2.26. The molecule has 0 aliphatic carbocycles. The van der Waals surface area contributed by atoms with Crippen molar-refractivity contribution in [3.8, 4) is 0 Å². The summed E-state index contributed by atoms with van der Waals surface area (Å²) in [5.41, 5.74) is 1.25. The SMILES string of the molecule is O=C(O)Cc1ccc(N2CC(=O)NCC2=O)cc1. The fourth-order valence-corrected chi connectivity index (χ4v) is 1.76. The Morgan fingerprint density at radius 1 is 1.28 bits per heavy atom. The number of carbonyl (C=O) groups is 3. The minimum absolute atomic E-state index is 0.00287. The van der Waals surface area contributed by atoms with E-state index in [1.807, 2.05) is 0 Å². The normalized spacial score (nSPS) is 15.4. The number of carboxylic acids is 1. The van der Waals surface area contributed by atoms with Gasteiger partial charge in [-0.3, -0.25) is 14.4 Å². The van der Waals surface area contributed by atoms with Crippen molar-refractivity contribution in [2.24, 2.45) is 0 Å². The van der Waals surface area contributed by atoms with Gasteiger partial charge in [-0.2, -0.15) is 0 Å². The van der Waals surface area contributed by atoms with E-state index in [9.17, 15) is 14.4 Å². The summed E-state index contributed by atoms with van der Waals surface area (Å²) in [4.78, 5) is 34.8. The highest BCUT2D eigenvalue weighted by Crippen LogP contribution is 2.16. The highest BCUT2D eigenvalue weighted by Gasteiger charge is 2.24. The summed E-state index contributed by atoms with van der Waals surface area (Å²) >= 11 is 0. The number of amides is 2. The van der Waals surface area contributed by atoms with E-state index < -0.39 is 5.97 Å². The number of anilines is 1. The van der Waals surface area contributed by atoms with E-state index in [1.54, 1.807) is 24.3 Å². The van der Waals surface area contributed by atoms with Gasteiger partial charge >= 0.3 is 5.97 Å². The molecule has 1 aromatic carbocycles. The van der Waals surface area contributed by atoms with E-state index >= 15 is 0 Å². The molecule has 0 spiro atoms. The second-order valence-corrected chi connectivity index (χ2v) is 3.99. The third kappa shape index (κ3) is 2.65. The lowest BCUT2D eigenvalue weighted by Crippen LogP contribution is -2.51. The molecule has 0 atom stereocenters. The first-order valence-corrected chi connectivity index (χ1v) is 5.44. The van der Waals surface area contributed by atoms with Crippen LogP contribution in [0.3, 0.4) is 0 Å². The Balaban J connectivity index is 2.15. The summed E-state index contributed by atoms with van der Waals surface area (Å²) in [6.45, 7) is -0.00712. The predicted octanol–water partition coefficient (Wildman–Crippen LogP) is -0.223. The molecule has 2 rings (SSSR count). The van der Waals surface area contributed by atoms with Crippen molar-refractivity contribution in [3.05, 3.63) is 29.8 Å². The van der Waals surface area contributed by atoms with Gasteiger partial charge in [-0.25, -0.2) is 0 Å². The molecule has 0 aromatic heterocycles. The zero-order valence-electron chi connectivity index (χ0n) is 9.55. The van der Waals surface area contributed by atoms with Crippen molar-refractivity contribution in [3.63, 3.8) is 0 Å². The molecule has 1 aromatic rings. The Hall–Kier alpha value is -2.37. The predicted molar refractivity (Wildman–Crippen MR) is 63.1 cm³/mol. The summed E-state index contributed by atoms with van der Waals surface area (Å²) in [5.74, 6) is -1.29. The smallest absolute Gasteiger partial charge is 0.307 e. The Bertz CT molecular complexity index is 495. The van der Waals surface area contributed by atoms with Gasteiger partial charge < -0.3 is 15.3 Å². The van der Waals surface area contributed by atoms with Gasteiger partial charge in [0.25, 0.3) is 0 Å². The monoisotopic (exact) mass is 248 g/mol. The van der Waals surface area contributed by atoms with Crippen LogP contribution < -0.4 is 10.2 Å². The minimum Gasteiger partial charge on any atom is -0.481 e. The molecule has 2 amide bonds. The van der Waals surface area contributed by atoms with Gasteiger partial charge in [0.2, 0.25) is 11.8 Å². The lowest BCUT2D eigenvalue weighted by molar-refractivity contribution is -0.136. The third-order valence-electron chi connectivity index (χ3n) is 2.64. The van der Waals surface area contributed by atoms with Crippen LogP contribution in [0, 0.1) is 0 Å². The van der Waals surface area contributed by atoms with Gasteiger partial charge in [-0.05, 0) is 17.7 Å². The van der Waals surface area contributed by atoms with Crippen LogP contribution in [0.25, 0.3) is 0 Å². The molecule has 0 unspecified atom stereocenters. The third-order valence-corrected chi connectivity index (χ3v) is 2.64. The zero-order chi connectivity index (χ0) is 13.1. The van der Waals surface area contributed by atoms with Crippen LogP contribution in [0.5, 0.6) is 0 Å². The number of carboxylic acid groups (broad SMARTS) is 1. The highest BCUT2D eigenvalue weighted by molar-refractivity contribution is 6.04. The summed E-state index contributed by atoms with van der Waals surface area (Å²) < 4.78 is 0. The van der Waals surface area contributed by atoms with Crippen molar-refractivity contribution >= 4 is 23.5 Å². The molecule has 94 valence electrons. The van der Waals surface area contributed by atoms with Gasteiger partial charge in [-0.15, -0.1) is 0 Å². The van der Waals surface area contributed by atoms with Crippen LogP contribution in [-0.4, -0.2) is 36.0 Å². The van der Waals surface area contributed by atoms with E-state index in [0.29, 0.717) is 11.3 Å². The molecular formula is C12H12N2O4. The molecule has 0 radical (unpaired) electrons. The minimum atomic E-state index is -0.906. The van der Waals surface area contributed by atoms with Crippen molar-refractivity contribution < 1.29 is 19.5 Å². The van der Waals surface area contributed by atoms with Crippen LogP contribution >= 0.6 is 0 Å². The van der Waals surface area contributed by atoms with Crippen LogP contribution in [0.15, 0.2) is 24.3 Å². The first-order chi connectivity index (χ1) is 8.56. The van der Waals surface area contributed by atoms with E-state index in [1.165, 1.54) is 4.90 Å². The molecule has 0 saturated carbocycles. The number of benzene rings is 1. The van der Waals surface area contributed by atoms with Crippen molar-refractivity contribution in [2.45, 2.75) is 6.42 Å². The lowest BCUT2D eigenvalue weighted by atomic mass is 10.1. The number of carbonyl (C=O) groups excluding carboxylic acids is 2. The topological polar surface area (TPSA) is 86.7 Å². The molecule has 1 aliphatic heterocycles. The average molecular weight is 248 g/mol. The first kappa shape index (κ1) is 12.1. The average Bonchev–Trinajstić information content (AvgIpc) is 2.33. The molecule has 2 N–H and O–H groups in total. The summed E-state index contributed by atoms with van der Waals surface area (Å²) in [5, 5.41) is 11.1. The molecule has 1 saturated heterocycles. The number of hydrogen-bond acceptors (Lipinski definition) is 3. The van der Waals surface area contributed by atoms with Crippen LogP contribution in [-0.2, 0) is 20.8 Å². The number of hydrogen-bond donors (Lipinski definition) is 2. The molecule has 6 nitrogen and oxygen atoms in total. The Labute approximate surface area is 103 Å². The van der Waals surface area contributed by atoms with Gasteiger partial charge in [0, 0.05) is 5.69 Å². The van der Waals surface area contributed by atoms with Crippen LogP contribution in [0.4, 0.5) is 5.69 Å². The van der Waals surface area contributed by atoms with Crippen LogP contribution in [0.1, 0.15) is 5.56 Å². The number of nitrogens with zero attached hydrogens (tertiary/aromatic N) is 1. The summed E-state index contributed by atoms with van der Waals surface area (Å²) in [7, 11) is 0. The number of rotatable bonds is 3. The van der Waals surface area contributed by atoms with Crippen molar-refractivity contribution in [2.75, 3.05) is 18.0 Å². The van der Waals surface area contributed by atoms with E-state index in [0.717, 1.165) is 0 Å². The van der Waals surface area contributed by atoms with Crippen LogP contribution in [0.2, 0.25) is 0 Å². The van der Waals surface area contributed by atoms with Gasteiger partial charge in [-0.1, -0.05) is 12.1 Å². The van der Waals surface area contributed by atoms with E-state index in [4.69, 9.17) is 5.11 Å². The number of aliphatic carboxylic acids is 1. The first-order valence-electron chi connectivity index (χ1n) is 5.44. The van der Waals surface area contributed by atoms with Gasteiger partial charge in [0.15, 0.2) is 0 Å². The molecule has 1 fully saturated rings. The molecular weight excluding hydrogens is 236 g/mol. The van der Waals surface area contributed by atoms with Crippen molar-refractivity contribution in [1.29, 1.82) is 0 Å². The molecule has 0 bridgehead atoms. The molecule has 6 heteroatoms. The van der Waals surface area contributed by atoms with Gasteiger partial charge in [0.05, 0.1) is 13.0 Å². The molecule has 1 heterocycles. The second-order valence-electron chi connectivity index (χ2n) is 3.99. The van der Waals surface area contributed by atoms with E-state index in [2.05, 4.69) is 5.32 Å². The number of piperazine rings is 1. The molecule has 18 heavy (non-hydrogen) atoms. The second kappa shape index (κ2) is 4.87. The van der Waals surface area contributed by atoms with E-state index in [-0.39, 0.29) is 31.3 Å². The maximum absolute atomic E-state index is 11.6. The fourth-order valence-electron chi connectivity index (χ4n) is 1.76. The molecule has 1 aliphatic rings. The maximum Gasteiger partial charge on any atom is 0.307 e. The summed E-state index contributed by atoms with van der Waals surface area (Å²) in [6, 6.07) is 6.58. The number of nitrogens with one attached hydrogen (secondary N) is 1. The Morgan fingerprint density at radius 3 is 2.56 bits per heavy atom.